The van der Waals surface area contributed by atoms with Gasteiger partial charge < -0.3 is 10.0 Å². The molecule has 0 heterocycles. The summed E-state index contributed by atoms with van der Waals surface area (Å²) in [6.45, 7) is 1.64. The van der Waals surface area contributed by atoms with E-state index in [1.54, 1.807) is 20.0 Å². The molecule has 0 radical (unpaired) electrons. The first kappa shape index (κ1) is 9.92. The van der Waals surface area contributed by atoms with E-state index in [0.29, 0.717) is 0 Å². The molecule has 0 aromatic rings. The second-order valence-electron chi connectivity index (χ2n) is 2.37. The van der Waals surface area contributed by atoms with E-state index in [9.17, 15) is 4.79 Å². The second-order valence-corrected chi connectivity index (χ2v) is 2.37. The normalized spacial score (nSPS) is 11.8. The first-order valence-corrected chi connectivity index (χ1v) is 3.37. The summed E-state index contributed by atoms with van der Waals surface area (Å²) in [6.07, 6.45) is -0.124. The second kappa shape index (κ2) is 4.69. The molecule has 1 unspecified atom stereocenters. The molecule has 1 N–H and O–H groups in total. The topological polar surface area (TPSA) is 64.3 Å². The Morgan fingerprint density at radius 2 is 2.36 bits per heavy atom. The minimum absolute atomic E-state index is 0.0757. The molecule has 62 valence electrons. The van der Waals surface area contributed by atoms with E-state index in [-0.39, 0.29) is 25.0 Å². The molecule has 4 heteroatoms. The molecule has 0 rings (SSSR count). The number of amides is 1. The number of hydrogen-bond donors (Lipinski definition) is 1. The molecule has 1 amide bonds. The lowest BCUT2D eigenvalue weighted by atomic mass is 10.3. The number of nitrogens with zero attached hydrogens (tertiary/aromatic N) is 2. The van der Waals surface area contributed by atoms with E-state index in [1.165, 1.54) is 4.90 Å². The largest absolute Gasteiger partial charge is 0.394 e. The van der Waals surface area contributed by atoms with Gasteiger partial charge in [-0.15, -0.1) is 0 Å². The van der Waals surface area contributed by atoms with Crippen LogP contribution in [0.2, 0.25) is 0 Å². The predicted octanol–water partition coefficient (Wildman–Crippen LogP) is -0.261. The standard InChI is InChI=1S/C7H12N2O2/c1-6(5-10)9(2)7(11)3-4-8/h6,10H,3,5H2,1-2H3. The highest BCUT2D eigenvalue weighted by molar-refractivity contribution is 5.78. The lowest BCUT2D eigenvalue weighted by molar-refractivity contribution is -0.131. The van der Waals surface area contributed by atoms with E-state index in [2.05, 4.69) is 0 Å². The van der Waals surface area contributed by atoms with Gasteiger partial charge in [0.1, 0.15) is 6.42 Å². The number of aliphatic hydroxyl groups is 1. The Morgan fingerprint density at radius 1 is 1.82 bits per heavy atom. The number of hydrogen-bond acceptors (Lipinski definition) is 3. The van der Waals surface area contributed by atoms with E-state index in [4.69, 9.17) is 10.4 Å². The number of rotatable bonds is 3. The molecule has 0 bridgehead atoms. The van der Waals surface area contributed by atoms with Crippen LogP contribution >= 0.6 is 0 Å². The Hall–Kier alpha value is -1.08. The van der Waals surface area contributed by atoms with Crippen LogP contribution in [0.25, 0.3) is 0 Å². The highest BCUT2D eigenvalue weighted by atomic mass is 16.3. The molecular formula is C7H12N2O2. The first-order chi connectivity index (χ1) is 5.13. The quantitative estimate of drug-likeness (QED) is 0.612. The molecule has 0 saturated heterocycles. The Morgan fingerprint density at radius 3 is 2.73 bits per heavy atom. The van der Waals surface area contributed by atoms with Crippen LogP contribution in [0.15, 0.2) is 0 Å². The van der Waals surface area contributed by atoms with E-state index >= 15 is 0 Å². The molecular weight excluding hydrogens is 144 g/mol. The zero-order valence-corrected chi connectivity index (χ0v) is 6.74. The average molecular weight is 156 g/mol. The fourth-order valence-corrected chi connectivity index (χ4v) is 0.561. The molecule has 0 spiro atoms. The Kier molecular flexibility index (Phi) is 4.23. The van der Waals surface area contributed by atoms with E-state index in [0.717, 1.165) is 0 Å². The predicted molar refractivity (Wildman–Crippen MR) is 39.5 cm³/mol. The summed E-state index contributed by atoms with van der Waals surface area (Å²) >= 11 is 0. The number of carbonyl (C=O) groups excluding carboxylic acids is 1. The molecule has 0 fully saturated rings. The molecule has 0 aliphatic carbocycles. The van der Waals surface area contributed by atoms with E-state index < -0.39 is 0 Å². The molecule has 4 nitrogen and oxygen atoms in total. The van der Waals surface area contributed by atoms with Crippen LogP contribution in [-0.4, -0.2) is 35.6 Å². The van der Waals surface area contributed by atoms with Crippen LogP contribution < -0.4 is 0 Å². The van der Waals surface area contributed by atoms with Crippen molar-refractivity contribution >= 4 is 5.91 Å². The number of carbonyl (C=O) groups is 1. The van der Waals surface area contributed by atoms with Crippen molar-refractivity contribution in [3.05, 3.63) is 0 Å². The molecule has 0 aromatic heterocycles. The number of nitriles is 1. The van der Waals surface area contributed by atoms with Gasteiger partial charge >= 0.3 is 0 Å². The summed E-state index contributed by atoms with van der Waals surface area (Å²) in [6, 6.07) is 1.54. The maximum Gasteiger partial charge on any atom is 0.236 e. The molecule has 0 saturated carbocycles. The summed E-state index contributed by atoms with van der Waals surface area (Å²) in [5, 5.41) is 16.8. The summed E-state index contributed by atoms with van der Waals surface area (Å²) in [4.78, 5) is 12.3. The highest BCUT2D eigenvalue weighted by Gasteiger charge is 2.13. The highest BCUT2D eigenvalue weighted by Crippen LogP contribution is 1.96. The zero-order chi connectivity index (χ0) is 8.85. The molecule has 11 heavy (non-hydrogen) atoms. The summed E-state index contributed by atoms with van der Waals surface area (Å²) < 4.78 is 0. The van der Waals surface area contributed by atoms with Gasteiger partial charge in [0.25, 0.3) is 0 Å². The van der Waals surface area contributed by atoms with Crippen molar-refractivity contribution < 1.29 is 9.90 Å². The van der Waals surface area contributed by atoms with Crippen LogP contribution in [0.3, 0.4) is 0 Å². The molecule has 1 atom stereocenters. The smallest absolute Gasteiger partial charge is 0.236 e. The Bertz CT molecular complexity index is 174. The van der Waals surface area contributed by atoms with Crippen molar-refractivity contribution in [1.29, 1.82) is 5.26 Å². The minimum atomic E-state index is -0.256. The molecule has 0 aromatic carbocycles. The zero-order valence-electron chi connectivity index (χ0n) is 6.74. The third-order valence-corrected chi connectivity index (χ3v) is 1.55. The molecule has 0 aliphatic rings. The van der Waals surface area contributed by atoms with Gasteiger partial charge in [0, 0.05) is 7.05 Å². The average Bonchev–Trinajstić information content (AvgIpc) is 2.02. The third-order valence-electron chi connectivity index (χ3n) is 1.55. The first-order valence-electron chi connectivity index (χ1n) is 3.37. The van der Waals surface area contributed by atoms with Crippen molar-refractivity contribution in [3.63, 3.8) is 0 Å². The van der Waals surface area contributed by atoms with Crippen LogP contribution in [0, 0.1) is 11.3 Å². The van der Waals surface area contributed by atoms with Crippen molar-refractivity contribution in [3.8, 4) is 6.07 Å². The van der Waals surface area contributed by atoms with Gasteiger partial charge in [0.05, 0.1) is 18.7 Å². The van der Waals surface area contributed by atoms with Gasteiger partial charge in [-0.1, -0.05) is 0 Å². The summed E-state index contributed by atoms with van der Waals surface area (Å²) in [7, 11) is 1.57. The number of likely N-dealkylation sites (N-methyl/N-ethyl adjacent to an activating group) is 1. The van der Waals surface area contributed by atoms with Crippen molar-refractivity contribution in [2.24, 2.45) is 0 Å². The molecule has 0 aliphatic heterocycles. The SMILES string of the molecule is CC(CO)N(C)C(=O)CC#N. The van der Waals surface area contributed by atoms with E-state index in [1.807, 2.05) is 0 Å². The maximum atomic E-state index is 10.9. The van der Waals surface area contributed by atoms with Gasteiger partial charge in [-0.05, 0) is 6.92 Å². The van der Waals surface area contributed by atoms with Gasteiger partial charge in [-0.2, -0.15) is 5.26 Å². The maximum absolute atomic E-state index is 10.9. The Balaban J connectivity index is 3.93. The summed E-state index contributed by atoms with van der Waals surface area (Å²) in [5.41, 5.74) is 0. The van der Waals surface area contributed by atoms with Gasteiger partial charge in [-0.25, -0.2) is 0 Å². The minimum Gasteiger partial charge on any atom is -0.394 e. The third kappa shape index (κ3) is 3.01. The fraction of sp³-hybridized carbons (Fsp3) is 0.714. The van der Waals surface area contributed by atoms with Gasteiger partial charge in [-0.3, -0.25) is 4.79 Å². The van der Waals surface area contributed by atoms with Crippen LogP contribution in [0.1, 0.15) is 13.3 Å². The van der Waals surface area contributed by atoms with Gasteiger partial charge in [0.15, 0.2) is 0 Å². The van der Waals surface area contributed by atoms with Crippen LogP contribution in [0.4, 0.5) is 0 Å². The van der Waals surface area contributed by atoms with Crippen molar-refractivity contribution in [2.45, 2.75) is 19.4 Å². The number of aliphatic hydroxyl groups excluding tert-OH is 1. The Labute approximate surface area is 66.0 Å². The lowest BCUT2D eigenvalue weighted by Crippen LogP contribution is -2.36. The monoisotopic (exact) mass is 156 g/mol. The van der Waals surface area contributed by atoms with Crippen molar-refractivity contribution in [2.75, 3.05) is 13.7 Å². The fourth-order valence-electron chi connectivity index (χ4n) is 0.561. The van der Waals surface area contributed by atoms with Crippen LogP contribution in [0.5, 0.6) is 0 Å². The van der Waals surface area contributed by atoms with Gasteiger partial charge in [0.2, 0.25) is 5.91 Å². The van der Waals surface area contributed by atoms with Crippen LogP contribution in [-0.2, 0) is 4.79 Å². The van der Waals surface area contributed by atoms with Crippen molar-refractivity contribution in [1.82, 2.24) is 4.90 Å². The summed E-state index contributed by atoms with van der Waals surface area (Å²) in [5.74, 6) is -0.256. The lowest BCUT2D eigenvalue weighted by Gasteiger charge is -2.21.